The van der Waals surface area contributed by atoms with E-state index in [-0.39, 0.29) is 11.6 Å². The van der Waals surface area contributed by atoms with Gasteiger partial charge in [-0.2, -0.15) is 0 Å². The molecule has 1 aromatic heterocycles. The van der Waals surface area contributed by atoms with E-state index in [2.05, 4.69) is 4.98 Å². The number of thiazole rings is 1. The molecule has 21 heavy (non-hydrogen) atoms. The molecule has 104 valence electrons. The van der Waals surface area contributed by atoms with Crippen LogP contribution in [0.2, 0.25) is 0 Å². The molecule has 2 nitrogen and oxygen atoms in total. The highest BCUT2D eigenvalue weighted by atomic mass is 32.1. The Kier molecular flexibility index (Phi) is 3.58. The molecule has 0 saturated heterocycles. The Labute approximate surface area is 123 Å². The Morgan fingerprint density at radius 1 is 0.857 bits per heavy atom. The van der Waals surface area contributed by atoms with Gasteiger partial charge in [-0.15, -0.1) is 11.3 Å². The summed E-state index contributed by atoms with van der Waals surface area (Å²) in [4.78, 5) is 16.1. The van der Waals surface area contributed by atoms with Crippen LogP contribution in [0.3, 0.4) is 0 Å². The smallest absolute Gasteiger partial charge is 0.162 e. The van der Waals surface area contributed by atoms with Crippen LogP contribution < -0.4 is 0 Å². The minimum absolute atomic E-state index is 0.329. The number of aromatic nitrogens is 1. The van der Waals surface area contributed by atoms with Gasteiger partial charge < -0.3 is 0 Å². The maximum absolute atomic E-state index is 13.0. The summed E-state index contributed by atoms with van der Waals surface area (Å²) in [7, 11) is 0. The molecule has 0 aliphatic carbocycles. The van der Waals surface area contributed by atoms with E-state index in [1.165, 1.54) is 35.6 Å². The molecule has 0 N–H and O–H groups in total. The first kappa shape index (κ1) is 13.6. The van der Waals surface area contributed by atoms with Crippen LogP contribution in [0.15, 0.2) is 48.5 Å². The van der Waals surface area contributed by atoms with Crippen molar-refractivity contribution in [3.8, 4) is 21.8 Å². The van der Waals surface area contributed by atoms with Crippen molar-refractivity contribution in [2.24, 2.45) is 0 Å². The van der Waals surface area contributed by atoms with Crippen LogP contribution >= 0.6 is 11.3 Å². The molecule has 1 heterocycles. The lowest BCUT2D eigenvalue weighted by Gasteiger charge is -1.98. The third kappa shape index (κ3) is 2.73. The summed E-state index contributed by atoms with van der Waals surface area (Å²) in [6.45, 7) is 0. The zero-order valence-electron chi connectivity index (χ0n) is 10.7. The number of aldehydes is 1. The van der Waals surface area contributed by atoms with Crippen molar-refractivity contribution < 1.29 is 13.6 Å². The van der Waals surface area contributed by atoms with Gasteiger partial charge >= 0.3 is 0 Å². The van der Waals surface area contributed by atoms with Gasteiger partial charge in [-0.3, -0.25) is 4.79 Å². The minimum atomic E-state index is -0.347. The van der Waals surface area contributed by atoms with Crippen molar-refractivity contribution in [2.45, 2.75) is 0 Å². The first-order chi connectivity index (χ1) is 10.2. The van der Waals surface area contributed by atoms with Crippen molar-refractivity contribution in [3.63, 3.8) is 0 Å². The average Bonchev–Trinajstić information content (AvgIpc) is 2.93. The number of hydrogen-bond donors (Lipinski definition) is 0. The summed E-state index contributed by atoms with van der Waals surface area (Å²) < 4.78 is 25.9. The van der Waals surface area contributed by atoms with Gasteiger partial charge in [0.05, 0.1) is 10.6 Å². The van der Waals surface area contributed by atoms with Gasteiger partial charge in [-0.1, -0.05) is 0 Å². The van der Waals surface area contributed by atoms with Gasteiger partial charge in [0, 0.05) is 11.1 Å². The third-order valence-electron chi connectivity index (χ3n) is 2.97. The Bertz CT molecular complexity index is 779. The molecular weight excluding hydrogens is 292 g/mol. The van der Waals surface area contributed by atoms with Crippen LogP contribution in [-0.2, 0) is 0 Å². The summed E-state index contributed by atoms with van der Waals surface area (Å²) in [5, 5.41) is 0.622. The maximum atomic E-state index is 13.0. The molecule has 0 bridgehead atoms. The summed E-state index contributed by atoms with van der Waals surface area (Å²) in [6.07, 6.45) is 0.726. The van der Waals surface area contributed by atoms with E-state index in [1.807, 2.05) is 0 Å². The van der Waals surface area contributed by atoms with E-state index in [4.69, 9.17) is 0 Å². The number of carbonyl (C=O) groups excluding carboxylic acids is 1. The normalized spacial score (nSPS) is 10.6. The van der Waals surface area contributed by atoms with Crippen molar-refractivity contribution in [3.05, 3.63) is 65.0 Å². The fourth-order valence-electron chi connectivity index (χ4n) is 1.94. The van der Waals surface area contributed by atoms with Crippen LogP contribution in [-0.4, -0.2) is 11.3 Å². The average molecular weight is 301 g/mol. The molecule has 0 amide bonds. The Hall–Kier alpha value is -2.40. The predicted octanol–water partition coefficient (Wildman–Crippen LogP) is 4.57. The number of carbonyl (C=O) groups is 1. The van der Waals surface area contributed by atoms with Crippen molar-refractivity contribution in [1.82, 2.24) is 4.98 Å². The van der Waals surface area contributed by atoms with Crippen molar-refractivity contribution in [1.29, 1.82) is 0 Å². The van der Waals surface area contributed by atoms with Crippen LogP contribution in [0.4, 0.5) is 8.78 Å². The zero-order valence-corrected chi connectivity index (χ0v) is 11.5. The second kappa shape index (κ2) is 5.54. The Morgan fingerprint density at radius 3 is 1.90 bits per heavy atom. The number of hydrogen-bond acceptors (Lipinski definition) is 3. The highest BCUT2D eigenvalue weighted by Crippen LogP contribution is 2.32. The minimum Gasteiger partial charge on any atom is -0.297 e. The second-order valence-electron chi connectivity index (χ2n) is 4.36. The highest BCUT2D eigenvalue weighted by Gasteiger charge is 2.14. The summed E-state index contributed by atoms with van der Waals surface area (Å²) in [5.74, 6) is -0.676. The lowest BCUT2D eigenvalue weighted by molar-refractivity contribution is 0.112. The molecule has 0 saturated carbocycles. The fourth-order valence-corrected chi connectivity index (χ4v) is 2.85. The van der Waals surface area contributed by atoms with E-state index >= 15 is 0 Å². The monoisotopic (exact) mass is 301 g/mol. The standard InChI is InChI=1S/C16H9F2NOS/c17-12-5-1-10(2-6-12)15-14(9-20)21-16(19-15)11-3-7-13(18)8-4-11/h1-9H. The Morgan fingerprint density at radius 2 is 1.38 bits per heavy atom. The van der Waals surface area contributed by atoms with E-state index in [9.17, 15) is 13.6 Å². The summed E-state index contributed by atoms with van der Waals surface area (Å²) in [5.41, 5.74) is 1.91. The molecule has 5 heteroatoms. The lowest BCUT2D eigenvalue weighted by atomic mass is 10.1. The fraction of sp³-hybridized carbons (Fsp3) is 0. The quantitative estimate of drug-likeness (QED) is 0.663. The van der Waals surface area contributed by atoms with Gasteiger partial charge in [0.1, 0.15) is 16.6 Å². The molecule has 0 aliphatic rings. The molecule has 0 aliphatic heterocycles. The van der Waals surface area contributed by atoms with E-state index in [1.54, 1.807) is 24.3 Å². The highest BCUT2D eigenvalue weighted by molar-refractivity contribution is 7.17. The van der Waals surface area contributed by atoms with Crippen LogP contribution in [0.25, 0.3) is 21.8 Å². The zero-order chi connectivity index (χ0) is 14.8. The summed E-state index contributed by atoms with van der Waals surface area (Å²) in [6, 6.07) is 11.7. The van der Waals surface area contributed by atoms with Crippen molar-refractivity contribution >= 4 is 17.6 Å². The topological polar surface area (TPSA) is 30.0 Å². The van der Waals surface area contributed by atoms with E-state index in [0.717, 1.165) is 11.8 Å². The molecule has 0 spiro atoms. The van der Waals surface area contributed by atoms with Crippen LogP contribution in [0.1, 0.15) is 9.67 Å². The van der Waals surface area contributed by atoms with E-state index in [0.29, 0.717) is 21.1 Å². The molecule has 3 rings (SSSR count). The third-order valence-corrected chi connectivity index (χ3v) is 4.00. The molecule has 3 aromatic rings. The van der Waals surface area contributed by atoms with Crippen molar-refractivity contribution in [2.75, 3.05) is 0 Å². The maximum Gasteiger partial charge on any atom is 0.162 e. The largest absolute Gasteiger partial charge is 0.297 e. The number of halogens is 2. The molecular formula is C16H9F2NOS. The van der Waals surface area contributed by atoms with Gasteiger partial charge in [-0.05, 0) is 48.5 Å². The number of benzene rings is 2. The summed E-state index contributed by atoms with van der Waals surface area (Å²) >= 11 is 1.22. The van der Waals surface area contributed by atoms with E-state index < -0.39 is 0 Å². The second-order valence-corrected chi connectivity index (χ2v) is 5.39. The Balaban J connectivity index is 2.08. The predicted molar refractivity (Wildman–Crippen MR) is 78.3 cm³/mol. The van der Waals surface area contributed by atoms with Gasteiger partial charge in [-0.25, -0.2) is 13.8 Å². The molecule has 0 fully saturated rings. The first-order valence-electron chi connectivity index (χ1n) is 6.15. The lowest BCUT2D eigenvalue weighted by Crippen LogP contribution is -1.84. The van der Waals surface area contributed by atoms with Gasteiger partial charge in [0.2, 0.25) is 0 Å². The number of nitrogens with zero attached hydrogens (tertiary/aromatic N) is 1. The number of rotatable bonds is 3. The van der Waals surface area contributed by atoms with Gasteiger partial charge in [0.15, 0.2) is 6.29 Å². The van der Waals surface area contributed by atoms with Gasteiger partial charge in [0.25, 0.3) is 0 Å². The molecule has 0 atom stereocenters. The molecule has 2 aromatic carbocycles. The SMILES string of the molecule is O=Cc1sc(-c2ccc(F)cc2)nc1-c1ccc(F)cc1. The van der Waals surface area contributed by atoms with Crippen LogP contribution in [0, 0.1) is 11.6 Å². The molecule has 0 unspecified atom stereocenters. The molecule has 0 radical (unpaired) electrons. The first-order valence-corrected chi connectivity index (χ1v) is 6.97. The van der Waals surface area contributed by atoms with Crippen LogP contribution in [0.5, 0.6) is 0 Å².